The van der Waals surface area contributed by atoms with Crippen LogP contribution in [0.1, 0.15) is 5.56 Å². The number of carboxylic acids is 1. The van der Waals surface area contributed by atoms with Crippen LogP contribution in [-0.2, 0) is 11.3 Å². The fourth-order valence-corrected chi connectivity index (χ4v) is 1.76. The summed E-state index contributed by atoms with van der Waals surface area (Å²) in [6.07, 6.45) is 0. The van der Waals surface area contributed by atoms with Gasteiger partial charge in [-0.3, -0.25) is 14.2 Å². The smallest absolute Gasteiger partial charge is 0.323 e. The standard InChI is InChI=1S/C12H11NO3/c1-8-6-9-4-2-3-5-10(9)13(12(8)16)7-11(14)15/h2-6H,7H2,1H3,(H,14,15). The number of carboxylic acid groups (broad SMARTS) is 1. The van der Waals surface area contributed by atoms with Crippen LogP contribution in [0.15, 0.2) is 35.1 Å². The van der Waals surface area contributed by atoms with Crippen molar-refractivity contribution in [3.05, 3.63) is 46.2 Å². The van der Waals surface area contributed by atoms with Gasteiger partial charge >= 0.3 is 5.97 Å². The Kier molecular flexibility index (Phi) is 2.48. The lowest BCUT2D eigenvalue weighted by Crippen LogP contribution is -2.25. The average Bonchev–Trinajstić information content (AvgIpc) is 2.24. The molecular formula is C12H11NO3. The molecule has 1 aromatic carbocycles. The zero-order chi connectivity index (χ0) is 11.7. The van der Waals surface area contributed by atoms with Gasteiger partial charge in [0.05, 0.1) is 5.52 Å². The van der Waals surface area contributed by atoms with Crippen molar-refractivity contribution in [1.82, 2.24) is 4.57 Å². The maximum absolute atomic E-state index is 11.8. The van der Waals surface area contributed by atoms with Crippen molar-refractivity contribution in [2.45, 2.75) is 13.5 Å². The number of pyridine rings is 1. The number of hydrogen-bond acceptors (Lipinski definition) is 2. The second kappa shape index (κ2) is 3.81. The second-order valence-electron chi connectivity index (χ2n) is 3.67. The molecule has 4 nitrogen and oxygen atoms in total. The predicted octanol–water partition coefficient (Wildman–Crippen LogP) is 1.39. The van der Waals surface area contributed by atoms with Gasteiger partial charge in [-0.25, -0.2) is 0 Å². The van der Waals surface area contributed by atoms with Crippen LogP contribution in [0.2, 0.25) is 0 Å². The first-order chi connectivity index (χ1) is 7.59. The molecule has 0 atom stereocenters. The minimum atomic E-state index is -1.02. The van der Waals surface area contributed by atoms with Gasteiger partial charge in [-0.1, -0.05) is 18.2 Å². The largest absolute Gasteiger partial charge is 0.480 e. The summed E-state index contributed by atoms with van der Waals surface area (Å²) in [5, 5.41) is 9.66. The number of rotatable bonds is 2. The molecule has 0 bridgehead atoms. The van der Waals surface area contributed by atoms with Crippen molar-refractivity contribution in [1.29, 1.82) is 0 Å². The molecule has 2 rings (SSSR count). The lowest BCUT2D eigenvalue weighted by atomic mass is 10.1. The van der Waals surface area contributed by atoms with Gasteiger partial charge in [0.1, 0.15) is 6.54 Å². The Hall–Kier alpha value is -2.10. The molecule has 0 saturated carbocycles. The van der Waals surface area contributed by atoms with Gasteiger partial charge in [-0.05, 0) is 24.4 Å². The lowest BCUT2D eigenvalue weighted by molar-refractivity contribution is -0.137. The van der Waals surface area contributed by atoms with E-state index in [4.69, 9.17) is 5.11 Å². The fraction of sp³-hybridized carbons (Fsp3) is 0.167. The molecule has 0 unspecified atom stereocenters. The fourth-order valence-electron chi connectivity index (χ4n) is 1.76. The number of fused-ring (bicyclic) bond motifs is 1. The van der Waals surface area contributed by atoms with E-state index in [1.807, 2.05) is 12.1 Å². The summed E-state index contributed by atoms with van der Waals surface area (Å²) in [5.41, 5.74) is 0.960. The van der Waals surface area contributed by atoms with E-state index in [1.54, 1.807) is 25.1 Å². The number of para-hydroxylation sites is 1. The first-order valence-electron chi connectivity index (χ1n) is 4.90. The number of benzene rings is 1. The first-order valence-corrected chi connectivity index (χ1v) is 4.90. The molecule has 1 aromatic heterocycles. The molecule has 0 aliphatic carbocycles. The minimum absolute atomic E-state index is 0.249. The topological polar surface area (TPSA) is 59.3 Å². The van der Waals surface area contributed by atoms with E-state index in [1.165, 1.54) is 4.57 Å². The molecule has 1 N–H and O–H groups in total. The van der Waals surface area contributed by atoms with E-state index in [-0.39, 0.29) is 12.1 Å². The molecule has 0 saturated heterocycles. The summed E-state index contributed by atoms with van der Waals surface area (Å²) in [4.78, 5) is 22.5. The number of aryl methyl sites for hydroxylation is 1. The molecular weight excluding hydrogens is 206 g/mol. The molecule has 0 amide bonds. The molecule has 0 radical (unpaired) electrons. The van der Waals surface area contributed by atoms with Crippen LogP contribution in [0.5, 0.6) is 0 Å². The van der Waals surface area contributed by atoms with Crippen molar-refractivity contribution in [2.24, 2.45) is 0 Å². The normalized spacial score (nSPS) is 10.6. The highest BCUT2D eigenvalue weighted by Gasteiger charge is 2.08. The van der Waals surface area contributed by atoms with Crippen LogP contribution in [0.25, 0.3) is 10.9 Å². The van der Waals surface area contributed by atoms with Crippen LogP contribution in [0.3, 0.4) is 0 Å². The number of hydrogen-bond donors (Lipinski definition) is 1. The van der Waals surface area contributed by atoms with E-state index in [9.17, 15) is 9.59 Å². The molecule has 0 fully saturated rings. The van der Waals surface area contributed by atoms with E-state index >= 15 is 0 Å². The van der Waals surface area contributed by atoms with Crippen LogP contribution < -0.4 is 5.56 Å². The number of aromatic nitrogens is 1. The number of carbonyl (C=O) groups is 1. The molecule has 1 heterocycles. The summed E-state index contributed by atoms with van der Waals surface area (Å²) >= 11 is 0. The molecule has 0 spiro atoms. The molecule has 2 aromatic rings. The third-order valence-corrected chi connectivity index (χ3v) is 2.48. The van der Waals surface area contributed by atoms with Crippen LogP contribution >= 0.6 is 0 Å². The zero-order valence-electron chi connectivity index (χ0n) is 8.80. The Bertz CT molecular complexity index is 613. The van der Waals surface area contributed by atoms with Crippen molar-refractivity contribution < 1.29 is 9.90 Å². The van der Waals surface area contributed by atoms with Crippen molar-refractivity contribution in [3.8, 4) is 0 Å². The van der Waals surface area contributed by atoms with E-state index in [2.05, 4.69) is 0 Å². The summed E-state index contributed by atoms with van der Waals surface area (Å²) in [6, 6.07) is 9.03. The summed E-state index contributed by atoms with van der Waals surface area (Å²) < 4.78 is 1.28. The highest BCUT2D eigenvalue weighted by atomic mass is 16.4. The Morgan fingerprint density at radius 1 is 1.38 bits per heavy atom. The van der Waals surface area contributed by atoms with Crippen molar-refractivity contribution in [2.75, 3.05) is 0 Å². The third kappa shape index (κ3) is 1.69. The summed E-state index contributed by atoms with van der Waals surface area (Å²) in [5.74, 6) is -1.02. The van der Waals surface area contributed by atoms with E-state index in [0.717, 1.165) is 5.39 Å². The van der Waals surface area contributed by atoms with Crippen LogP contribution in [-0.4, -0.2) is 15.6 Å². The maximum atomic E-state index is 11.8. The van der Waals surface area contributed by atoms with E-state index in [0.29, 0.717) is 11.1 Å². The number of aliphatic carboxylic acids is 1. The van der Waals surface area contributed by atoms with Crippen molar-refractivity contribution >= 4 is 16.9 Å². The SMILES string of the molecule is Cc1cc2ccccc2n(CC(=O)O)c1=O. The summed E-state index contributed by atoms with van der Waals surface area (Å²) in [7, 11) is 0. The maximum Gasteiger partial charge on any atom is 0.323 e. The highest BCUT2D eigenvalue weighted by Crippen LogP contribution is 2.12. The first kappa shape index (κ1) is 10.4. The second-order valence-corrected chi connectivity index (χ2v) is 3.67. The van der Waals surface area contributed by atoms with Crippen molar-refractivity contribution in [3.63, 3.8) is 0 Å². The monoisotopic (exact) mass is 217 g/mol. The van der Waals surface area contributed by atoms with Gasteiger partial charge in [-0.2, -0.15) is 0 Å². The Morgan fingerprint density at radius 2 is 2.06 bits per heavy atom. The summed E-state index contributed by atoms with van der Waals surface area (Å²) in [6.45, 7) is 1.38. The molecule has 0 aliphatic rings. The molecule has 16 heavy (non-hydrogen) atoms. The Balaban J connectivity index is 2.81. The van der Waals surface area contributed by atoms with Crippen LogP contribution in [0.4, 0.5) is 0 Å². The third-order valence-electron chi connectivity index (χ3n) is 2.48. The van der Waals surface area contributed by atoms with Gasteiger partial charge < -0.3 is 5.11 Å². The Labute approximate surface area is 91.8 Å². The predicted molar refractivity (Wildman–Crippen MR) is 60.6 cm³/mol. The van der Waals surface area contributed by atoms with Gasteiger partial charge in [0.15, 0.2) is 0 Å². The molecule has 0 aliphatic heterocycles. The van der Waals surface area contributed by atoms with Crippen LogP contribution in [0, 0.1) is 6.92 Å². The Morgan fingerprint density at radius 3 is 2.75 bits per heavy atom. The quantitative estimate of drug-likeness (QED) is 0.827. The molecule has 82 valence electrons. The minimum Gasteiger partial charge on any atom is -0.480 e. The van der Waals surface area contributed by atoms with Gasteiger partial charge in [0, 0.05) is 5.56 Å². The molecule has 4 heteroatoms. The average molecular weight is 217 g/mol. The van der Waals surface area contributed by atoms with E-state index < -0.39 is 5.97 Å². The zero-order valence-corrected chi connectivity index (χ0v) is 8.80. The number of nitrogens with zero attached hydrogens (tertiary/aromatic N) is 1. The highest BCUT2D eigenvalue weighted by molar-refractivity contribution is 5.81. The van der Waals surface area contributed by atoms with Gasteiger partial charge in [0.25, 0.3) is 5.56 Å². The van der Waals surface area contributed by atoms with Gasteiger partial charge in [0.2, 0.25) is 0 Å². The van der Waals surface area contributed by atoms with Gasteiger partial charge in [-0.15, -0.1) is 0 Å². The lowest BCUT2D eigenvalue weighted by Gasteiger charge is -2.08.